The van der Waals surface area contributed by atoms with Crippen LogP contribution in [0.1, 0.15) is 20.3 Å². The lowest BCUT2D eigenvalue weighted by molar-refractivity contribution is -0.383. The third kappa shape index (κ3) is 3.53. The maximum Gasteiger partial charge on any atom is 0.353 e. The summed E-state index contributed by atoms with van der Waals surface area (Å²) in [4.78, 5) is 20.9. The van der Waals surface area contributed by atoms with Crippen LogP contribution in [-0.2, 0) is 0 Å². The van der Waals surface area contributed by atoms with Crippen LogP contribution in [0.25, 0.3) is 0 Å². The van der Waals surface area contributed by atoms with Crippen molar-refractivity contribution in [3.63, 3.8) is 0 Å². The van der Waals surface area contributed by atoms with Crippen molar-refractivity contribution in [2.24, 2.45) is 11.8 Å². The fourth-order valence-electron chi connectivity index (χ4n) is 2.94. The summed E-state index contributed by atoms with van der Waals surface area (Å²) < 4.78 is 0. The molecule has 0 bridgehead atoms. The molecule has 2 rings (SSSR count). The molecular weight excluding hydrogens is 288 g/mol. The molecule has 1 aromatic heterocycles. The number of aliphatic hydroxyl groups is 1. The molecule has 0 aliphatic carbocycles. The standard InChI is InChI=1S/C13H22N6O3/c1-8-5-9(2)7-18(6-8)12-10(19(21)22)11(14)16-13(17-12)15-3-4-20/h8-9,20H,3-7H2,1-2H3,(H3,14,15,16,17)/t8-,9-/m1/s1. The summed E-state index contributed by atoms with van der Waals surface area (Å²) in [5.74, 6) is 1.12. The van der Waals surface area contributed by atoms with Crippen LogP contribution in [0.2, 0.25) is 0 Å². The van der Waals surface area contributed by atoms with Crippen LogP contribution in [0.4, 0.5) is 23.3 Å². The SMILES string of the molecule is C[C@@H]1C[C@@H](C)CN(c2nc(NCCO)nc(N)c2[N+](=O)[O-])C1. The molecule has 1 fully saturated rings. The zero-order valence-corrected chi connectivity index (χ0v) is 12.8. The van der Waals surface area contributed by atoms with Crippen molar-refractivity contribution in [2.75, 3.05) is 42.2 Å². The average molecular weight is 310 g/mol. The van der Waals surface area contributed by atoms with E-state index in [9.17, 15) is 10.1 Å². The number of anilines is 3. The van der Waals surface area contributed by atoms with Gasteiger partial charge in [-0.1, -0.05) is 13.8 Å². The van der Waals surface area contributed by atoms with Crippen LogP contribution in [0, 0.1) is 22.0 Å². The minimum Gasteiger partial charge on any atom is -0.395 e. The van der Waals surface area contributed by atoms with Crippen molar-refractivity contribution in [3.8, 4) is 0 Å². The van der Waals surface area contributed by atoms with Crippen molar-refractivity contribution < 1.29 is 10.0 Å². The van der Waals surface area contributed by atoms with Crippen molar-refractivity contribution in [1.82, 2.24) is 9.97 Å². The Morgan fingerprint density at radius 1 is 1.41 bits per heavy atom. The second kappa shape index (κ2) is 6.73. The molecule has 0 radical (unpaired) electrons. The number of nitrogens with two attached hydrogens (primary N) is 1. The number of piperidine rings is 1. The molecular formula is C13H22N6O3. The first kappa shape index (κ1) is 16.2. The highest BCUT2D eigenvalue weighted by Crippen LogP contribution is 2.35. The van der Waals surface area contributed by atoms with Gasteiger partial charge in [0.2, 0.25) is 17.6 Å². The monoisotopic (exact) mass is 310 g/mol. The van der Waals surface area contributed by atoms with E-state index in [2.05, 4.69) is 29.1 Å². The molecule has 0 spiro atoms. The number of rotatable bonds is 5. The fourth-order valence-corrected chi connectivity index (χ4v) is 2.94. The Morgan fingerprint density at radius 2 is 2.05 bits per heavy atom. The molecule has 0 saturated carbocycles. The molecule has 4 N–H and O–H groups in total. The van der Waals surface area contributed by atoms with E-state index in [1.807, 2.05) is 4.90 Å². The van der Waals surface area contributed by atoms with E-state index >= 15 is 0 Å². The highest BCUT2D eigenvalue weighted by molar-refractivity contribution is 5.71. The van der Waals surface area contributed by atoms with E-state index in [0.29, 0.717) is 24.9 Å². The normalized spacial score (nSPS) is 21.7. The number of hydrogen-bond donors (Lipinski definition) is 3. The lowest BCUT2D eigenvalue weighted by atomic mass is 9.92. The van der Waals surface area contributed by atoms with Gasteiger partial charge in [-0.05, 0) is 18.3 Å². The summed E-state index contributed by atoms with van der Waals surface area (Å²) >= 11 is 0. The molecule has 1 aliphatic rings. The quantitative estimate of drug-likeness (QED) is 0.539. The molecule has 1 saturated heterocycles. The van der Waals surface area contributed by atoms with Gasteiger partial charge >= 0.3 is 5.69 Å². The van der Waals surface area contributed by atoms with Crippen LogP contribution < -0.4 is 16.0 Å². The highest BCUT2D eigenvalue weighted by atomic mass is 16.6. The van der Waals surface area contributed by atoms with Gasteiger partial charge in [0, 0.05) is 19.6 Å². The van der Waals surface area contributed by atoms with Crippen LogP contribution in [0.15, 0.2) is 0 Å². The van der Waals surface area contributed by atoms with Crippen LogP contribution in [0.3, 0.4) is 0 Å². The number of nitrogens with one attached hydrogen (secondary N) is 1. The maximum absolute atomic E-state index is 11.3. The average Bonchev–Trinajstić information content (AvgIpc) is 2.42. The zero-order valence-electron chi connectivity index (χ0n) is 12.8. The Hall–Kier alpha value is -2.16. The molecule has 2 heterocycles. The molecule has 1 aliphatic heterocycles. The van der Waals surface area contributed by atoms with Gasteiger partial charge in [-0.25, -0.2) is 0 Å². The van der Waals surface area contributed by atoms with Gasteiger partial charge in [0.05, 0.1) is 11.5 Å². The van der Waals surface area contributed by atoms with Gasteiger partial charge in [0.1, 0.15) is 0 Å². The van der Waals surface area contributed by atoms with Crippen molar-refractivity contribution in [2.45, 2.75) is 20.3 Å². The van der Waals surface area contributed by atoms with E-state index in [-0.39, 0.29) is 36.4 Å². The smallest absolute Gasteiger partial charge is 0.353 e. The second-order valence-corrected chi connectivity index (χ2v) is 5.86. The lowest BCUT2D eigenvalue weighted by Gasteiger charge is -2.35. The van der Waals surface area contributed by atoms with E-state index in [1.54, 1.807) is 0 Å². The molecule has 0 aromatic carbocycles. The first-order valence-corrected chi connectivity index (χ1v) is 7.34. The zero-order chi connectivity index (χ0) is 16.3. The summed E-state index contributed by atoms with van der Waals surface area (Å²) in [5, 5.41) is 23.0. The molecule has 1 aromatic rings. The van der Waals surface area contributed by atoms with Crippen molar-refractivity contribution in [3.05, 3.63) is 10.1 Å². The van der Waals surface area contributed by atoms with E-state index in [4.69, 9.17) is 10.8 Å². The number of aliphatic hydroxyl groups excluding tert-OH is 1. The number of nitro groups is 1. The Morgan fingerprint density at radius 3 is 2.59 bits per heavy atom. The molecule has 2 atom stereocenters. The molecule has 9 nitrogen and oxygen atoms in total. The topological polar surface area (TPSA) is 130 Å². The highest BCUT2D eigenvalue weighted by Gasteiger charge is 2.31. The number of hydrogen-bond acceptors (Lipinski definition) is 8. The van der Waals surface area contributed by atoms with Crippen LogP contribution in [0.5, 0.6) is 0 Å². The molecule has 122 valence electrons. The van der Waals surface area contributed by atoms with Crippen LogP contribution >= 0.6 is 0 Å². The van der Waals surface area contributed by atoms with E-state index in [1.165, 1.54) is 0 Å². The second-order valence-electron chi connectivity index (χ2n) is 5.86. The Balaban J connectivity index is 2.41. The Bertz CT molecular complexity index is 543. The first-order valence-electron chi connectivity index (χ1n) is 7.34. The van der Waals surface area contributed by atoms with Crippen molar-refractivity contribution >= 4 is 23.3 Å². The number of aromatic nitrogens is 2. The molecule has 0 unspecified atom stereocenters. The Labute approximate surface area is 128 Å². The minimum absolute atomic E-state index is 0.0899. The first-order chi connectivity index (χ1) is 10.4. The predicted octanol–water partition coefficient (Wildman–Crippen LogP) is 0.854. The predicted molar refractivity (Wildman–Crippen MR) is 83.8 cm³/mol. The third-order valence-corrected chi connectivity index (χ3v) is 3.64. The van der Waals surface area contributed by atoms with E-state index < -0.39 is 4.92 Å². The van der Waals surface area contributed by atoms with Gasteiger partial charge in [-0.15, -0.1) is 0 Å². The van der Waals surface area contributed by atoms with Gasteiger partial charge in [-0.2, -0.15) is 9.97 Å². The molecule has 22 heavy (non-hydrogen) atoms. The summed E-state index contributed by atoms with van der Waals surface area (Å²) in [6.45, 7) is 5.78. The van der Waals surface area contributed by atoms with Gasteiger partial charge in [0.25, 0.3) is 0 Å². The largest absolute Gasteiger partial charge is 0.395 e. The fraction of sp³-hybridized carbons (Fsp3) is 0.692. The molecule has 0 amide bonds. The van der Waals surface area contributed by atoms with Crippen LogP contribution in [-0.4, -0.2) is 46.2 Å². The molecule has 9 heteroatoms. The summed E-state index contributed by atoms with van der Waals surface area (Å²) in [5.41, 5.74) is 5.50. The summed E-state index contributed by atoms with van der Waals surface area (Å²) in [6.07, 6.45) is 1.08. The van der Waals surface area contributed by atoms with E-state index in [0.717, 1.165) is 6.42 Å². The Kier molecular flexibility index (Phi) is 4.96. The summed E-state index contributed by atoms with van der Waals surface area (Å²) in [6, 6.07) is 0. The minimum atomic E-state index is -0.537. The number of nitrogens with zero attached hydrogens (tertiary/aromatic N) is 4. The van der Waals surface area contributed by atoms with Gasteiger partial charge in [0.15, 0.2) is 0 Å². The van der Waals surface area contributed by atoms with Gasteiger partial charge < -0.3 is 21.1 Å². The number of nitrogen functional groups attached to an aromatic ring is 1. The van der Waals surface area contributed by atoms with Crippen molar-refractivity contribution in [1.29, 1.82) is 0 Å². The third-order valence-electron chi connectivity index (χ3n) is 3.64. The lowest BCUT2D eigenvalue weighted by Crippen LogP contribution is -2.39. The summed E-state index contributed by atoms with van der Waals surface area (Å²) in [7, 11) is 0. The maximum atomic E-state index is 11.3. The van der Waals surface area contributed by atoms with Gasteiger partial charge in [-0.3, -0.25) is 10.1 Å².